The molecular formula is C10H19N3O2S. The van der Waals surface area contributed by atoms with Crippen molar-refractivity contribution >= 4 is 23.1 Å². The van der Waals surface area contributed by atoms with Crippen LogP contribution in [0, 0.1) is 0 Å². The lowest BCUT2D eigenvalue weighted by Gasteiger charge is -2.28. The summed E-state index contributed by atoms with van der Waals surface area (Å²) < 4.78 is 5.22. The Morgan fingerprint density at radius 1 is 1.50 bits per heavy atom. The molecule has 1 rings (SSSR count). The maximum atomic E-state index is 11.8. The van der Waals surface area contributed by atoms with Crippen molar-refractivity contribution in [1.82, 2.24) is 9.80 Å². The standard InChI is InChI=1S/C10H19N3O2S/c1-12(3-2-9(11)16)10(14)8-13-4-6-15-7-5-13/h2-8H2,1H3,(H2,11,16). The number of nitrogens with two attached hydrogens (primary N) is 1. The molecule has 5 nitrogen and oxygen atoms in total. The van der Waals surface area contributed by atoms with Crippen molar-refractivity contribution in [3.8, 4) is 0 Å². The SMILES string of the molecule is CN(CCC(N)=S)C(=O)CN1CCOCC1. The fourth-order valence-electron chi connectivity index (χ4n) is 1.47. The summed E-state index contributed by atoms with van der Waals surface area (Å²) in [6, 6.07) is 0. The Labute approximate surface area is 102 Å². The van der Waals surface area contributed by atoms with Crippen LogP contribution in [-0.2, 0) is 9.53 Å². The highest BCUT2D eigenvalue weighted by Crippen LogP contribution is 1.98. The number of thiocarbonyl (C=S) groups is 1. The topological polar surface area (TPSA) is 58.8 Å². The van der Waals surface area contributed by atoms with Crippen LogP contribution in [0.1, 0.15) is 6.42 Å². The van der Waals surface area contributed by atoms with Gasteiger partial charge in [-0.2, -0.15) is 0 Å². The number of hydrogen-bond donors (Lipinski definition) is 1. The van der Waals surface area contributed by atoms with Gasteiger partial charge in [-0.15, -0.1) is 0 Å². The second kappa shape index (κ2) is 6.78. The molecule has 0 aromatic carbocycles. The van der Waals surface area contributed by atoms with Crippen LogP contribution in [0.25, 0.3) is 0 Å². The molecule has 0 aromatic rings. The van der Waals surface area contributed by atoms with Crippen LogP contribution < -0.4 is 5.73 Å². The number of ether oxygens (including phenoxy) is 1. The van der Waals surface area contributed by atoms with Crippen molar-refractivity contribution in [3.05, 3.63) is 0 Å². The van der Waals surface area contributed by atoms with Gasteiger partial charge >= 0.3 is 0 Å². The van der Waals surface area contributed by atoms with E-state index in [1.165, 1.54) is 0 Å². The Morgan fingerprint density at radius 2 is 2.12 bits per heavy atom. The van der Waals surface area contributed by atoms with E-state index < -0.39 is 0 Å². The van der Waals surface area contributed by atoms with Crippen molar-refractivity contribution < 1.29 is 9.53 Å². The summed E-state index contributed by atoms with van der Waals surface area (Å²) in [5.74, 6) is 0.109. The van der Waals surface area contributed by atoms with Gasteiger partial charge in [0.15, 0.2) is 0 Å². The molecule has 0 atom stereocenters. The monoisotopic (exact) mass is 245 g/mol. The molecule has 0 unspecified atom stereocenters. The number of rotatable bonds is 5. The normalized spacial score (nSPS) is 17.1. The van der Waals surface area contributed by atoms with Gasteiger partial charge in [-0.1, -0.05) is 12.2 Å². The second-order valence-electron chi connectivity index (χ2n) is 3.92. The van der Waals surface area contributed by atoms with Crippen LogP contribution in [0.5, 0.6) is 0 Å². The number of carbonyl (C=O) groups excluding carboxylic acids is 1. The van der Waals surface area contributed by atoms with E-state index in [2.05, 4.69) is 4.90 Å². The van der Waals surface area contributed by atoms with Gasteiger partial charge in [-0.25, -0.2) is 0 Å². The highest BCUT2D eigenvalue weighted by atomic mass is 32.1. The number of morpholine rings is 1. The van der Waals surface area contributed by atoms with E-state index >= 15 is 0 Å². The fourth-order valence-corrected chi connectivity index (χ4v) is 1.57. The highest BCUT2D eigenvalue weighted by molar-refractivity contribution is 7.80. The van der Waals surface area contributed by atoms with Crippen LogP contribution in [-0.4, -0.2) is 67.1 Å². The van der Waals surface area contributed by atoms with E-state index in [4.69, 9.17) is 22.7 Å². The summed E-state index contributed by atoms with van der Waals surface area (Å²) in [6.07, 6.45) is 0.584. The van der Waals surface area contributed by atoms with Crippen LogP contribution in [0.4, 0.5) is 0 Å². The van der Waals surface area contributed by atoms with Crippen LogP contribution in [0.2, 0.25) is 0 Å². The smallest absolute Gasteiger partial charge is 0.236 e. The summed E-state index contributed by atoms with van der Waals surface area (Å²) in [6.45, 7) is 4.13. The minimum Gasteiger partial charge on any atom is -0.393 e. The largest absolute Gasteiger partial charge is 0.393 e. The first-order chi connectivity index (χ1) is 7.59. The predicted octanol–water partition coefficient (Wildman–Crippen LogP) is -0.547. The van der Waals surface area contributed by atoms with Crippen molar-refractivity contribution in [1.29, 1.82) is 0 Å². The van der Waals surface area contributed by atoms with Gasteiger partial charge in [0.05, 0.1) is 24.7 Å². The molecule has 1 aliphatic heterocycles. The number of amides is 1. The van der Waals surface area contributed by atoms with E-state index in [0.29, 0.717) is 37.7 Å². The van der Waals surface area contributed by atoms with Gasteiger partial charge in [0.2, 0.25) is 5.91 Å². The second-order valence-corrected chi connectivity index (χ2v) is 4.44. The van der Waals surface area contributed by atoms with Crippen molar-refractivity contribution in [2.45, 2.75) is 6.42 Å². The third-order valence-electron chi connectivity index (χ3n) is 2.58. The number of carbonyl (C=O) groups is 1. The molecule has 0 aromatic heterocycles. The Hall–Kier alpha value is -0.720. The molecular weight excluding hydrogens is 226 g/mol. The van der Waals surface area contributed by atoms with Gasteiger partial charge in [0.25, 0.3) is 0 Å². The predicted molar refractivity (Wildman–Crippen MR) is 66.3 cm³/mol. The zero-order chi connectivity index (χ0) is 12.0. The Morgan fingerprint density at radius 3 is 2.69 bits per heavy atom. The maximum Gasteiger partial charge on any atom is 0.236 e. The molecule has 16 heavy (non-hydrogen) atoms. The van der Waals surface area contributed by atoms with Gasteiger partial charge in [-0.05, 0) is 0 Å². The Balaban J connectivity index is 2.24. The van der Waals surface area contributed by atoms with E-state index in [1.807, 2.05) is 0 Å². The summed E-state index contributed by atoms with van der Waals surface area (Å²) >= 11 is 4.77. The molecule has 2 N–H and O–H groups in total. The number of nitrogens with zero attached hydrogens (tertiary/aromatic N) is 2. The van der Waals surface area contributed by atoms with Gasteiger partial charge in [-0.3, -0.25) is 9.69 Å². The van der Waals surface area contributed by atoms with Crippen LogP contribution >= 0.6 is 12.2 Å². The lowest BCUT2D eigenvalue weighted by molar-refractivity contribution is -0.132. The maximum absolute atomic E-state index is 11.8. The van der Waals surface area contributed by atoms with E-state index in [1.54, 1.807) is 11.9 Å². The number of hydrogen-bond acceptors (Lipinski definition) is 4. The average Bonchev–Trinajstić information content (AvgIpc) is 2.27. The van der Waals surface area contributed by atoms with Crippen molar-refractivity contribution in [2.24, 2.45) is 5.73 Å². The van der Waals surface area contributed by atoms with Crippen LogP contribution in [0.3, 0.4) is 0 Å². The van der Waals surface area contributed by atoms with Crippen molar-refractivity contribution in [2.75, 3.05) is 46.4 Å². The van der Waals surface area contributed by atoms with E-state index in [-0.39, 0.29) is 5.91 Å². The highest BCUT2D eigenvalue weighted by Gasteiger charge is 2.16. The molecule has 0 aliphatic carbocycles. The molecule has 0 saturated carbocycles. The van der Waals surface area contributed by atoms with Gasteiger partial charge in [0, 0.05) is 33.1 Å². The van der Waals surface area contributed by atoms with E-state index in [0.717, 1.165) is 13.1 Å². The van der Waals surface area contributed by atoms with Crippen molar-refractivity contribution in [3.63, 3.8) is 0 Å². The zero-order valence-corrected chi connectivity index (χ0v) is 10.5. The molecule has 0 bridgehead atoms. The molecule has 92 valence electrons. The lowest BCUT2D eigenvalue weighted by Crippen LogP contribution is -2.44. The third kappa shape index (κ3) is 4.87. The van der Waals surface area contributed by atoms with Crippen LogP contribution in [0.15, 0.2) is 0 Å². The minimum atomic E-state index is 0.109. The average molecular weight is 245 g/mol. The van der Waals surface area contributed by atoms with Gasteiger partial charge < -0.3 is 15.4 Å². The first kappa shape index (κ1) is 13.3. The van der Waals surface area contributed by atoms with E-state index in [9.17, 15) is 4.79 Å². The first-order valence-electron chi connectivity index (χ1n) is 5.42. The summed E-state index contributed by atoms with van der Waals surface area (Å²) in [7, 11) is 1.78. The molecule has 0 radical (unpaired) electrons. The Bertz CT molecular complexity index is 254. The fraction of sp³-hybridized carbons (Fsp3) is 0.800. The Kier molecular flexibility index (Phi) is 5.65. The zero-order valence-electron chi connectivity index (χ0n) is 9.65. The lowest BCUT2D eigenvalue weighted by atomic mass is 10.3. The minimum absolute atomic E-state index is 0.109. The van der Waals surface area contributed by atoms with Gasteiger partial charge in [0.1, 0.15) is 0 Å². The number of likely N-dealkylation sites (N-methyl/N-ethyl adjacent to an activating group) is 1. The summed E-state index contributed by atoms with van der Waals surface area (Å²) in [5, 5.41) is 0. The summed E-state index contributed by atoms with van der Waals surface area (Å²) in [5.41, 5.74) is 5.39. The first-order valence-corrected chi connectivity index (χ1v) is 5.83. The quantitative estimate of drug-likeness (QED) is 0.659. The molecule has 1 fully saturated rings. The molecule has 1 amide bonds. The molecule has 0 spiro atoms. The summed E-state index contributed by atoms with van der Waals surface area (Å²) in [4.78, 5) is 16.0. The molecule has 1 heterocycles. The third-order valence-corrected chi connectivity index (χ3v) is 2.79. The molecule has 6 heteroatoms. The molecule has 1 saturated heterocycles. The molecule has 1 aliphatic rings.